The zero-order valence-electron chi connectivity index (χ0n) is 17.3. The summed E-state index contributed by atoms with van der Waals surface area (Å²) in [5.74, 6) is 1.21. The Balaban J connectivity index is 1.50. The molecule has 2 aromatic heterocycles. The van der Waals surface area contributed by atoms with Crippen molar-refractivity contribution in [2.24, 2.45) is 0 Å². The predicted molar refractivity (Wildman–Crippen MR) is 127 cm³/mol. The minimum Gasteiger partial charge on any atom is -0.338 e. The van der Waals surface area contributed by atoms with Crippen molar-refractivity contribution in [2.45, 2.75) is 24.2 Å². The third-order valence-corrected chi connectivity index (χ3v) is 7.43. The molecule has 5 rings (SSSR count). The van der Waals surface area contributed by atoms with E-state index in [0.717, 1.165) is 33.5 Å². The molecule has 1 aliphatic rings. The van der Waals surface area contributed by atoms with E-state index in [-0.39, 0.29) is 10.7 Å². The van der Waals surface area contributed by atoms with E-state index in [2.05, 4.69) is 20.6 Å². The average Bonchev–Trinajstić information content (AvgIpc) is 3.22. The number of anilines is 4. The number of ketones is 1. The molecule has 32 heavy (non-hydrogen) atoms. The Morgan fingerprint density at radius 3 is 2.66 bits per heavy atom. The lowest BCUT2D eigenvalue weighted by Gasteiger charge is -2.16. The lowest BCUT2D eigenvalue weighted by molar-refractivity contribution is -0.118. The van der Waals surface area contributed by atoms with E-state index in [1.165, 1.54) is 17.6 Å². The van der Waals surface area contributed by atoms with Gasteiger partial charge >= 0.3 is 0 Å². The molecule has 7 nitrogen and oxygen atoms in total. The van der Waals surface area contributed by atoms with E-state index in [1.54, 1.807) is 24.3 Å². The van der Waals surface area contributed by atoms with Crippen molar-refractivity contribution in [2.75, 3.05) is 16.9 Å². The smallest absolute Gasteiger partial charge is 0.229 e. The highest BCUT2D eigenvalue weighted by molar-refractivity contribution is 7.90. The summed E-state index contributed by atoms with van der Waals surface area (Å²) in [5.41, 5.74) is 4.30. The number of para-hydroxylation sites is 1. The molecule has 0 amide bonds. The van der Waals surface area contributed by atoms with Gasteiger partial charge in [-0.2, -0.15) is 4.98 Å². The Kier molecular flexibility index (Phi) is 5.15. The summed E-state index contributed by atoms with van der Waals surface area (Å²) in [6.45, 7) is 0. The van der Waals surface area contributed by atoms with Gasteiger partial charge in [0.25, 0.3) is 0 Å². The number of benzene rings is 2. The number of fused-ring (bicyclic) bond motifs is 2. The Morgan fingerprint density at radius 1 is 0.969 bits per heavy atom. The van der Waals surface area contributed by atoms with Gasteiger partial charge < -0.3 is 10.6 Å². The number of nitrogens with zero attached hydrogens (tertiary/aromatic N) is 2. The fraction of sp³-hybridized carbons (Fsp3) is 0.174. The van der Waals surface area contributed by atoms with Crippen LogP contribution < -0.4 is 10.6 Å². The Labute approximate surface area is 189 Å². The van der Waals surface area contributed by atoms with Crippen LogP contribution in [0, 0.1) is 0 Å². The molecule has 0 fully saturated rings. The largest absolute Gasteiger partial charge is 0.338 e. The van der Waals surface area contributed by atoms with Crippen molar-refractivity contribution in [3.05, 3.63) is 65.0 Å². The summed E-state index contributed by atoms with van der Waals surface area (Å²) in [4.78, 5) is 21.1. The maximum Gasteiger partial charge on any atom is 0.229 e. The minimum absolute atomic E-state index is 0.210. The van der Waals surface area contributed by atoms with Crippen LogP contribution >= 0.6 is 11.3 Å². The number of thiophene rings is 1. The third-order valence-electron chi connectivity index (χ3n) is 5.37. The normalized spacial score (nSPS) is 13.7. The van der Waals surface area contributed by atoms with Crippen LogP contribution in [0.2, 0.25) is 0 Å². The lowest BCUT2D eigenvalue weighted by Crippen LogP contribution is -2.13. The van der Waals surface area contributed by atoms with Gasteiger partial charge in [0.05, 0.1) is 20.8 Å². The monoisotopic (exact) mass is 464 g/mol. The topological polar surface area (TPSA) is 101 Å². The molecule has 0 saturated carbocycles. The fourth-order valence-electron chi connectivity index (χ4n) is 3.84. The highest BCUT2D eigenvalue weighted by Gasteiger charge is 2.18. The molecular weight excluding hydrogens is 444 g/mol. The average molecular weight is 465 g/mol. The number of carbonyl (C=O) groups excluding carboxylic acids is 1. The quantitative estimate of drug-likeness (QED) is 0.444. The molecule has 4 aromatic rings. The molecule has 0 spiro atoms. The van der Waals surface area contributed by atoms with E-state index in [0.29, 0.717) is 30.3 Å². The van der Waals surface area contributed by atoms with Gasteiger partial charge in [-0.1, -0.05) is 18.2 Å². The van der Waals surface area contributed by atoms with Crippen molar-refractivity contribution in [1.82, 2.24) is 9.97 Å². The fourth-order valence-corrected chi connectivity index (χ4v) is 5.46. The summed E-state index contributed by atoms with van der Waals surface area (Å²) in [7, 11) is -3.41. The van der Waals surface area contributed by atoms with E-state index >= 15 is 0 Å². The number of sulfone groups is 1. The minimum atomic E-state index is -3.41. The molecule has 2 heterocycles. The van der Waals surface area contributed by atoms with Crippen LogP contribution in [0.5, 0.6) is 0 Å². The molecule has 1 aliphatic carbocycles. The second-order valence-corrected chi connectivity index (χ2v) is 10.6. The zero-order chi connectivity index (χ0) is 22.3. The van der Waals surface area contributed by atoms with E-state index in [4.69, 9.17) is 0 Å². The van der Waals surface area contributed by atoms with Crippen molar-refractivity contribution >= 4 is 60.3 Å². The van der Waals surface area contributed by atoms with Gasteiger partial charge in [-0.3, -0.25) is 4.79 Å². The van der Waals surface area contributed by atoms with Gasteiger partial charge in [0.15, 0.2) is 15.7 Å². The second kappa shape index (κ2) is 7.99. The van der Waals surface area contributed by atoms with Crippen molar-refractivity contribution < 1.29 is 13.2 Å². The van der Waals surface area contributed by atoms with Crippen LogP contribution in [-0.4, -0.2) is 30.4 Å². The van der Waals surface area contributed by atoms with Crippen LogP contribution in [0.25, 0.3) is 10.2 Å². The molecule has 9 heteroatoms. The first kappa shape index (κ1) is 20.6. The maximum atomic E-state index is 12.2. The third kappa shape index (κ3) is 4.09. The SMILES string of the molecule is CS(=O)(=O)c1ccccc1Nc1nc(Nc2ccc3c(c2)CCC(=O)C3)nc2ccsc12. The summed E-state index contributed by atoms with van der Waals surface area (Å²) < 4.78 is 25.2. The van der Waals surface area contributed by atoms with Crippen LogP contribution in [0.3, 0.4) is 0 Å². The maximum absolute atomic E-state index is 12.2. The van der Waals surface area contributed by atoms with Crippen LogP contribution in [0.1, 0.15) is 17.5 Å². The Bertz CT molecular complexity index is 1460. The van der Waals surface area contributed by atoms with Crippen LogP contribution in [0.15, 0.2) is 58.8 Å². The van der Waals surface area contributed by atoms with Gasteiger partial charge in [-0.15, -0.1) is 11.3 Å². The van der Waals surface area contributed by atoms with Crippen molar-refractivity contribution in [3.8, 4) is 0 Å². The van der Waals surface area contributed by atoms with Crippen LogP contribution in [-0.2, 0) is 27.5 Å². The number of hydrogen-bond donors (Lipinski definition) is 2. The molecular formula is C23H20N4O3S2. The summed E-state index contributed by atoms with van der Waals surface area (Å²) in [5, 5.41) is 8.37. The number of nitrogens with one attached hydrogen (secondary N) is 2. The molecule has 162 valence electrons. The highest BCUT2D eigenvalue weighted by atomic mass is 32.2. The van der Waals surface area contributed by atoms with Gasteiger partial charge in [0, 0.05) is 24.8 Å². The zero-order valence-corrected chi connectivity index (χ0v) is 18.9. The van der Waals surface area contributed by atoms with Gasteiger partial charge in [0.1, 0.15) is 5.78 Å². The Morgan fingerprint density at radius 2 is 1.81 bits per heavy atom. The van der Waals surface area contributed by atoms with Gasteiger partial charge in [0.2, 0.25) is 5.95 Å². The molecule has 0 unspecified atom stereocenters. The molecule has 2 aromatic carbocycles. The predicted octanol–water partition coefficient (Wildman–Crippen LogP) is 4.64. The number of Topliss-reactive ketones (excluding diaryl/α,β-unsaturated/α-hetero) is 1. The summed E-state index contributed by atoms with van der Waals surface area (Å²) >= 11 is 1.48. The molecule has 0 bridgehead atoms. The standard InChI is InChI=1S/C23H20N4O3S2/c1-32(29,30)20-5-3-2-4-18(20)25-22-21-19(10-11-31-21)26-23(27-22)24-16-8-6-15-13-17(28)9-7-14(15)12-16/h2-6,8,10-12H,7,9,13H2,1H3,(H2,24,25,26,27). The number of carbonyl (C=O) groups is 1. The molecule has 0 radical (unpaired) electrons. The second-order valence-electron chi connectivity index (χ2n) is 7.75. The molecule has 0 aliphatic heterocycles. The highest BCUT2D eigenvalue weighted by Crippen LogP contribution is 2.33. The first-order valence-corrected chi connectivity index (χ1v) is 12.9. The number of hydrogen-bond acceptors (Lipinski definition) is 8. The molecule has 0 atom stereocenters. The number of rotatable bonds is 5. The number of aryl methyl sites for hydroxylation is 1. The first-order chi connectivity index (χ1) is 15.4. The lowest BCUT2D eigenvalue weighted by atomic mass is 9.90. The first-order valence-electron chi connectivity index (χ1n) is 10.1. The van der Waals surface area contributed by atoms with Gasteiger partial charge in [-0.25, -0.2) is 13.4 Å². The molecule has 0 saturated heterocycles. The number of aromatic nitrogens is 2. The molecule has 2 N–H and O–H groups in total. The summed E-state index contributed by atoms with van der Waals surface area (Å²) in [6, 6.07) is 14.6. The summed E-state index contributed by atoms with van der Waals surface area (Å²) in [6.07, 6.45) is 2.98. The van der Waals surface area contributed by atoms with E-state index in [1.807, 2.05) is 29.6 Å². The Hall–Kier alpha value is -3.30. The van der Waals surface area contributed by atoms with Crippen molar-refractivity contribution in [3.63, 3.8) is 0 Å². The van der Waals surface area contributed by atoms with E-state index < -0.39 is 9.84 Å². The van der Waals surface area contributed by atoms with Crippen LogP contribution in [0.4, 0.5) is 23.1 Å². The van der Waals surface area contributed by atoms with Crippen molar-refractivity contribution in [1.29, 1.82) is 0 Å². The van der Waals surface area contributed by atoms with Gasteiger partial charge in [-0.05, 0) is 53.3 Å². The van der Waals surface area contributed by atoms with E-state index in [9.17, 15) is 13.2 Å².